The summed E-state index contributed by atoms with van der Waals surface area (Å²) in [5.41, 5.74) is 0.124. The van der Waals surface area contributed by atoms with E-state index in [1.54, 1.807) is 12.5 Å². The number of carbonyl (C=O) groups is 1. The van der Waals surface area contributed by atoms with Gasteiger partial charge < -0.3 is 14.3 Å². The van der Waals surface area contributed by atoms with Gasteiger partial charge in [0.2, 0.25) is 0 Å². The van der Waals surface area contributed by atoms with Gasteiger partial charge in [-0.05, 0) is 55.1 Å². The molecule has 2 saturated carbocycles. The normalized spacial score (nSPS) is 39.2. The lowest BCUT2D eigenvalue weighted by Crippen LogP contribution is -2.66. The van der Waals surface area contributed by atoms with Crippen LogP contribution in [0.1, 0.15) is 72.3 Å². The molecule has 2 unspecified atom stereocenters. The van der Waals surface area contributed by atoms with Crippen LogP contribution in [0.25, 0.3) is 0 Å². The lowest BCUT2D eigenvalue weighted by atomic mass is 9.43. The van der Waals surface area contributed by atoms with Crippen molar-refractivity contribution >= 4 is 5.97 Å². The molecule has 0 amide bonds. The number of hydrogen-bond acceptors (Lipinski definition) is 4. The predicted molar refractivity (Wildman–Crippen MR) is 101 cm³/mol. The molecular weight excluding hydrogens is 328 g/mol. The molecule has 0 bridgehead atoms. The summed E-state index contributed by atoms with van der Waals surface area (Å²) in [5.74, 6) is 0.0295. The van der Waals surface area contributed by atoms with Gasteiger partial charge in [0.25, 0.3) is 0 Å². The van der Waals surface area contributed by atoms with E-state index < -0.39 is 5.60 Å². The van der Waals surface area contributed by atoms with Crippen molar-refractivity contribution < 1.29 is 19.1 Å². The van der Waals surface area contributed by atoms with E-state index in [0.717, 1.165) is 37.7 Å². The highest BCUT2D eigenvalue weighted by atomic mass is 16.5. The fourth-order valence-electron chi connectivity index (χ4n) is 6.36. The number of aryl methyl sites for hydroxylation is 1. The van der Waals surface area contributed by atoms with Crippen LogP contribution in [0.2, 0.25) is 0 Å². The number of esters is 1. The zero-order valence-electron chi connectivity index (χ0n) is 16.9. The van der Waals surface area contributed by atoms with E-state index in [1.807, 2.05) is 6.07 Å². The second-order valence-electron chi connectivity index (χ2n) is 9.58. The van der Waals surface area contributed by atoms with Crippen LogP contribution in [-0.2, 0) is 16.0 Å². The number of hydrogen-bond donors (Lipinski definition) is 1. The van der Waals surface area contributed by atoms with Crippen molar-refractivity contribution in [1.29, 1.82) is 0 Å². The number of aliphatic hydroxyl groups is 1. The largest absolute Gasteiger partial charge is 0.472 e. The highest BCUT2D eigenvalue weighted by Crippen LogP contribution is 2.64. The second kappa shape index (κ2) is 6.70. The van der Waals surface area contributed by atoms with Crippen molar-refractivity contribution in [2.45, 2.75) is 84.8 Å². The van der Waals surface area contributed by atoms with Crippen LogP contribution >= 0.6 is 0 Å². The summed E-state index contributed by atoms with van der Waals surface area (Å²) in [6, 6.07) is 1.98. The van der Waals surface area contributed by atoms with Gasteiger partial charge in [0.05, 0.1) is 18.1 Å². The number of carbonyl (C=O) groups excluding carboxylic acids is 1. The molecule has 1 aromatic rings. The van der Waals surface area contributed by atoms with Gasteiger partial charge in [-0.15, -0.1) is 0 Å². The molecular formula is C22H34O4. The Bertz CT molecular complexity index is 635. The van der Waals surface area contributed by atoms with Crippen molar-refractivity contribution in [2.24, 2.45) is 22.7 Å². The molecule has 26 heavy (non-hydrogen) atoms. The first-order valence-electron chi connectivity index (χ1n) is 10.0. The molecule has 1 aromatic heterocycles. The Kier molecular flexibility index (Phi) is 5.02. The zero-order valence-corrected chi connectivity index (χ0v) is 16.9. The highest BCUT2D eigenvalue weighted by molar-refractivity contribution is 5.66. The molecule has 4 nitrogen and oxygen atoms in total. The Morgan fingerprint density at radius 3 is 2.69 bits per heavy atom. The number of fused-ring (bicyclic) bond motifs is 1. The fourth-order valence-corrected chi connectivity index (χ4v) is 6.36. The Morgan fingerprint density at radius 2 is 2.08 bits per heavy atom. The predicted octanol–water partition coefficient (Wildman–Crippen LogP) is 4.75. The molecule has 1 heterocycles. The third-order valence-electron chi connectivity index (χ3n) is 7.50. The summed E-state index contributed by atoms with van der Waals surface area (Å²) in [6.45, 7) is 10.4. The molecule has 0 aromatic carbocycles. The van der Waals surface area contributed by atoms with E-state index in [1.165, 1.54) is 6.92 Å². The van der Waals surface area contributed by atoms with Gasteiger partial charge in [-0.2, -0.15) is 0 Å². The smallest absolute Gasteiger partial charge is 0.302 e. The lowest BCUT2D eigenvalue weighted by Gasteiger charge is -2.64. The monoisotopic (exact) mass is 362 g/mol. The summed E-state index contributed by atoms with van der Waals surface area (Å²) >= 11 is 0. The van der Waals surface area contributed by atoms with Crippen LogP contribution < -0.4 is 0 Å². The van der Waals surface area contributed by atoms with Crippen molar-refractivity contribution in [3.8, 4) is 0 Å². The molecule has 2 fully saturated rings. The summed E-state index contributed by atoms with van der Waals surface area (Å²) in [6.07, 6.45) is 8.78. The van der Waals surface area contributed by atoms with Crippen LogP contribution in [0, 0.1) is 22.7 Å². The topological polar surface area (TPSA) is 59.7 Å². The third kappa shape index (κ3) is 3.11. The molecule has 146 valence electrons. The molecule has 4 heteroatoms. The summed E-state index contributed by atoms with van der Waals surface area (Å²) in [7, 11) is 0. The molecule has 0 saturated heterocycles. The molecule has 0 aliphatic heterocycles. The summed E-state index contributed by atoms with van der Waals surface area (Å²) < 4.78 is 11.0. The SMILES string of the molecule is CC(=O)OC1C[C@@H](C)[C@](O)(CCc2ccoc2)[C@@]2(C)CCCC(C)(C)C12. The van der Waals surface area contributed by atoms with Gasteiger partial charge in [-0.1, -0.05) is 34.1 Å². The standard InChI is InChI=1S/C22H34O4/c1-15-13-18(26-16(2)23)19-20(3,4)9-6-10-21(19,5)22(15,24)11-7-17-8-12-25-14-17/h8,12,14-15,18-19,24H,6-7,9-11,13H2,1-5H3/t15-,18?,19?,21+,22-/m1/s1. The maximum Gasteiger partial charge on any atom is 0.302 e. The molecule has 5 atom stereocenters. The first kappa shape index (κ1) is 19.5. The molecule has 0 spiro atoms. The average Bonchev–Trinajstić information content (AvgIpc) is 3.03. The van der Waals surface area contributed by atoms with E-state index in [4.69, 9.17) is 9.15 Å². The maximum absolute atomic E-state index is 12.0. The van der Waals surface area contributed by atoms with Gasteiger partial charge in [0.15, 0.2) is 0 Å². The fraction of sp³-hybridized carbons (Fsp3) is 0.773. The van der Waals surface area contributed by atoms with Gasteiger partial charge in [-0.3, -0.25) is 4.79 Å². The Morgan fingerprint density at radius 1 is 1.35 bits per heavy atom. The van der Waals surface area contributed by atoms with Crippen LogP contribution in [0.15, 0.2) is 23.0 Å². The highest BCUT2D eigenvalue weighted by Gasteiger charge is 2.64. The molecule has 3 rings (SSSR count). The van der Waals surface area contributed by atoms with E-state index in [2.05, 4.69) is 27.7 Å². The number of ether oxygens (including phenoxy) is 1. The third-order valence-corrected chi connectivity index (χ3v) is 7.50. The summed E-state index contributed by atoms with van der Waals surface area (Å²) in [4.78, 5) is 11.8. The van der Waals surface area contributed by atoms with Gasteiger partial charge in [-0.25, -0.2) is 0 Å². The van der Waals surface area contributed by atoms with Gasteiger partial charge >= 0.3 is 5.97 Å². The Balaban J connectivity index is 1.96. The van der Waals surface area contributed by atoms with Crippen LogP contribution in [-0.4, -0.2) is 22.8 Å². The van der Waals surface area contributed by atoms with E-state index >= 15 is 0 Å². The van der Waals surface area contributed by atoms with Gasteiger partial charge in [0.1, 0.15) is 6.10 Å². The molecule has 2 aliphatic carbocycles. The van der Waals surface area contributed by atoms with E-state index in [-0.39, 0.29) is 34.7 Å². The van der Waals surface area contributed by atoms with Crippen LogP contribution in [0.5, 0.6) is 0 Å². The summed E-state index contributed by atoms with van der Waals surface area (Å²) in [5, 5.41) is 12.0. The Labute approximate surface area is 157 Å². The van der Waals surface area contributed by atoms with E-state index in [0.29, 0.717) is 6.42 Å². The minimum absolute atomic E-state index is 0.0386. The van der Waals surface area contributed by atoms with E-state index in [9.17, 15) is 9.90 Å². The number of furan rings is 1. The van der Waals surface area contributed by atoms with Crippen LogP contribution in [0.3, 0.4) is 0 Å². The minimum atomic E-state index is -0.775. The lowest BCUT2D eigenvalue weighted by molar-refractivity contribution is -0.249. The molecule has 1 N–H and O–H groups in total. The molecule has 2 aliphatic rings. The molecule has 0 radical (unpaired) electrons. The average molecular weight is 363 g/mol. The van der Waals surface area contributed by atoms with Gasteiger partial charge in [0, 0.05) is 18.3 Å². The van der Waals surface area contributed by atoms with Crippen molar-refractivity contribution in [3.63, 3.8) is 0 Å². The maximum atomic E-state index is 12.0. The van der Waals surface area contributed by atoms with Crippen molar-refractivity contribution in [3.05, 3.63) is 24.2 Å². The first-order valence-corrected chi connectivity index (χ1v) is 10.0. The first-order chi connectivity index (χ1) is 12.1. The zero-order chi connectivity index (χ0) is 19.2. The van der Waals surface area contributed by atoms with Crippen LogP contribution in [0.4, 0.5) is 0 Å². The second-order valence-corrected chi connectivity index (χ2v) is 9.58. The Hall–Kier alpha value is -1.29. The van der Waals surface area contributed by atoms with Crippen molar-refractivity contribution in [2.75, 3.05) is 0 Å². The minimum Gasteiger partial charge on any atom is -0.472 e. The quantitative estimate of drug-likeness (QED) is 0.786. The van der Waals surface area contributed by atoms with Crippen molar-refractivity contribution in [1.82, 2.24) is 0 Å². The number of rotatable bonds is 4.